The fourth-order valence-electron chi connectivity index (χ4n) is 7.23. The third-order valence-corrected chi connectivity index (χ3v) is 10.5. The maximum Gasteiger partial charge on any atom is 0.306 e. The van der Waals surface area contributed by atoms with E-state index in [1.54, 1.807) is 42.5 Å². The molecule has 4 heterocycles. The standard InChI is InChI=1S/C35H37BrClN3O7/c1-20(2)26(18-41)40-31-34(45)39(23-14-12-22(37)13-15-23)16-8-4-7-11-27(42)46-19-25(21-9-5-3-6-10-21)38-32(43)28-29(33(40)44)35(31)17-24(36)30(28)47-35/h3-6,8-10,12-15,17,20,25-26,28-31,41H,7,11,16,18-19H2,1-2H3,(H,38,43)/b8-4-/t25-,26+,28-,29+,30-,31-,35+/m1/s1. The maximum absolute atomic E-state index is 15.0. The number of fused-ring (bicyclic) bond motifs is 2. The molecular formula is C35H37BrClN3O7. The zero-order chi connectivity index (χ0) is 33.5. The molecule has 2 aromatic rings. The summed E-state index contributed by atoms with van der Waals surface area (Å²) in [5, 5.41) is 14.1. The monoisotopic (exact) mass is 725 g/mol. The van der Waals surface area contributed by atoms with Crippen LogP contribution in [0.25, 0.3) is 0 Å². The molecule has 0 radical (unpaired) electrons. The Labute approximate surface area is 286 Å². The number of ether oxygens (including phenoxy) is 2. The fourth-order valence-corrected chi connectivity index (χ4v) is 8.09. The van der Waals surface area contributed by atoms with E-state index >= 15 is 0 Å². The van der Waals surface area contributed by atoms with Crippen molar-refractivity contribution in [3.8, 4) is 0 Å². The van der Waals surface area contributed by atoms with Gasteiger partial charge in [0.05, 0.1) is 30.5 Å². The van der Waals surface area contributed by atoms with Crippen molar-refractivity contribution < 1.29 is 33.8 Å². The molecule has 0 aliphatic carbocycles. The average molecular weight is 727 g/mol. The summed E-state index contributed by atoms with van der Waals surface area (Å²) in [4.78, 5) is 59.6. The van der Waals surface area contributed by atoms with E-state index < -0.39 is 65.4 Å². The summed E-state index contributed by atoms with van der Waals surface area (Å²) < 4.78 is 12.8. The van der Waals surface area contributed by atoms with Crippen LogP contribution < -0.4 is 10.2 Å². The van der Waals surface area contributed by atoms with E-state index in [0.717, 1.165) is 5.56 Å². The summed E-state index contributed by atoms with van der Waals surface area (Å²) in [7, 11) is 0. The highest BCUT2D eigenvalue weighted by Crippen LogP contribution is 2.59. The van der Waals surface area contributed by atoms with Crippen molar-refractivity contribution in [2.45, 2.75) is 56.5 Å². The SMILES string of the molecule is CC(C)[C@H](CO)N1C(=O)[C@@H]2[C@H]3C(=O)N[C@@H](c4ccccc4)COC(=O)CC/C=C\CN(c4ccc(Cl)cc4)C(=O)[C@@H]1[C@]21C=C(Br)[C@H]3O1. The van der Waals surface area contributed by atoms with E-state index in [9.17, 15) is 24.3 Å². The molecule has 2 N–H and O–H groups in total. The van der Waals surface area contributed by atoms with Gasteiger partial charge in [0.1, 0.15) is 24.4 Å². The van der Waals surface area contributed by atoms with Gasteiger partial charge in [0, 0.05) is 28.2 Å². The van der Waals surface area contributed by atoms with E-state index in [2.05, 4.69) is 21.2 Å². The Balaban J connectivity index is 1.49. The lowest BCUT2D eigenvalue weighted by Crippen LogP contribution is -2.59. The first kappa shape index (κ1) is 33.4. The highest BCUT2D eigenvalue weighted by Gasteiger charge is 2.75. The number of likely N-dealkylation sites (tertiary alicyclic amines) is 1. The summed E-state index contributed by atoms with van der Waals surface area (Å²) in [5.41, 5.74) is -0.223. The van der Waals surface area contributed by atoms with Gasteiger partial charge in [0.25, 0.3) is 5.91 Å². The van der Waals surface area contributed by atoms with Crippen molar-refractivity contribution in [3.05, 3.63) is 87.9 Å². The Morgan fingerprint density at radius 2 is 1.77 bits per heavy atom. The highest BCUT2D eigenvalue weighted by molar-refractivity contribution is 9.11. The van der Waals surface area contributed by atoms with Gasteiger partial charge in [-0.15, -0.1) is 0 Å². The van der Waals surface area contributed by atoms with E-state index in [0.29, 0.717) is 21.6 Å². The molecule has 0 unspecified atom stereocenters. The van der Waals surface area contributed by atoms with Gasteiger partial charge in [-0.25, -0.2) is 0 Å². The summed E-state index contributed by atoms with van der Waals surface area (Å²) in [6, 6.07) is 13.3. The molecule has 248 valence electrons. The van der Waals surface area contributed by atoms with Gasteiger partial charge in [0.2, 0.25) is 11.8 Å². The first-order valence-electron chi connectivity index (χ1n) is 15.8. The first-order valence-corrected chi connectivity index (χ1v) is 17.0. The van der Waals surface area contributed by atoms with Crippen LogP contribution in [0.5, 0.6) is 0 Å². The zero-order valence-corrected chi connectivity index (χ0v) is 28.4. The molecule has 2 saturated heterocycles. The number of carbonyl (C=O) groups is 4. The number of allylic oxidation sites excluding steroid dienone is 1. The Bertz CT molecular complexity index is 1600. The zero-order valence-electron chi connectivity index (χ0n) is 26.1. The second-order valence-electron chi connectivity index (χ2n) is 12.7. The normalized spacial score (nSPS) is 31.0. The highest BCUT2D eigenvalue weighted by atomic mass is 79.9. The summed E-state index contributed by atoms with van der Waals surface area (Å²) >= 11 is 9.78. The van der Waals surface area contributed by atoms with Gasteiger partial charge < -0.3 is 29.7 Å². The lowest BCUT2D eigenvalue weighted by atomic mass is 9.74. The number of nitrogens with zero attached hydrogens (tertiary/aromatic N) is 2. The third-order valence-electron chi connectivity index (χ3n) is 9.52. The fraction of sp³-hybridized carbons (Fsp3) is 0.429. The van der Waals surface area contributed by atoms with Crippen molar-refractivity contribution >= 4 is 56.9 Å². The minimum Gasteiger partial charge on any atom is -0.463 e. The van der Waals surface area contributed by atoms with Crippen LogP contribution in [-0.4, -0.2) is 77.2 Å². The van der Waals surface area contributed by atoms with E-state index in [1.807, 2.05) is 44.2 Å². The number of esters is 1. The van der Waals surface area contributed by atoms with Crippen LogP contribution in [0.4, 0.5) is 5.69 Å². The van der Waals surface area contributed by atoms with Crippen molar-refractivity contribution in [1.29, 1.82) is 0 Å². The number of amides is 3. The number of benzene rings is 2. The number of aliphatic hydroxyl groups is 1. The number of hydrogen-bond acceptors (Lipinski definition) is 7. The summed E-state index contributed by atoms with van der Waals surface area (Å²) in [6.07, 6.45) is 5.00. The largest absolute Gasteiger partial charge is 0.463 e. The summed E-state index contributed by atoms with van der Waals surface area (Å²) in [6.45, 7) is 3.38. The van der Waals surface area contributed by atoms with Crippen molar-refractivity contribution in [3.63, 3.8) is 0 Å². The number of halogens is 2. The van der Waals surface area contributed by atoms with Crippen molar-refractivity contribution in [1.82, 2.24) is 10.2 Å². The minimum absolute atomic E-state index is 0.102. The molecule has 6 rings (SSSR count). The van der Waals surface area contributed by atoms with Crippen LogP contribution in [0.2, 0.25) is 5.02 Å². The van der Waals surface area contributed by atoms with Gasteiger partial charge in [-0.1, -0.05) is 83.9 Å². The molecule has 7 atom stereocenters. The predicted molar refractivity (Wildman–Crippen MR) is 178 cm³/mol. The minimum atomic E-state index is -1.49. The smallest absolute Gasteiger partial charge is 0.306 e. The molecule has 2 aromatic carbocycles. The molecule has 0 saturated carbocycles. The molecule has 12 heteroatoms. The lowest BCUT2D eigenvalue weighted by molar-refractivity contribution is -0.147. The average Bonchev–Trinajstić information content (AvgIpc) is 3.65. The molecule has 47 heavy (non-hydrogen) atoms. The molecular weight excluding hydrogens is 690 g/mol. The number of carbonyl (C=O) groups excluding carboxylic acids is 4. The molecule has 4 aliphatic heterocycles. The predicted octanol–water partition coefficient (Wildman–Crippen LogP) is 4.31. The molecule has 2 fully saturated rings. The Morgan fingerprint density at radius 1 is 1.04 bits per heavy atom. The molecule has 4 aliphatic rings. The second-order valence-corrected chi connectivity index (χ2v) is 14.0. The Morgan fingerprint density at radius 3 is 2.45 bits per heavy atom. The van der Waals surface area contributed by atoms with Gasteiger partial charge >= 0.3 is 5.97 Å². The van der Waals surface area contributed by atoms with Gasteiger partial charge in [-0.2, -0.15) is 0 Å². The van der Waals surface area contributed by atoms with Crippen LogP contribution >= 0.6 is 27.5 Å². The Kier molecular flexibility index (Phi) is 9.62. The lowest BCUT2D eigenvalue weighted by Gasteiger charge is -2.40. The van der Waals surface area contributed by atoms with E-state index in [4.69, 9.17) is 21.1 Å². The quantitative estimate of drug-likeness (QED) is 0.348. The van der Waals surface area contributed by atoms with Crippen LogP contribution in [0.15, 0.2) is 77.3 Å². The molecule has 10 nitrogen and oxygen atoms in total. The molecule has 0 aromatic heterocycles. The first-order chi connectivity index (χ1) is 22.6. The summed E-state index contributed by atoms with van der Waals surface area (Å²) in [5.74, 6) is -4.04. The van der Waals surface area contributed by atoms with Crippen LogP contribution in [0.1, 0.15) is 38.3 Å². The van der Waals surface area contributed by atoms with Crippen LogP contribution in [0, 0.1) is 17.8 Å². The Hall–Kier alpha value is -3.51. The van der Waals surface area contributed by atoms with Crippen LogP contribution in [-0.2, 0) is 28.7 Å². The van der Waals surface area contributed by atoms with Gasteiger partial charge in [-0.3, -0.25) is 19.2 Å². The van der Waals surface area contributed by atoms with Crippen molar-refractivity contribution in [2.24, 2.45) is 17.8 Å². The number of nitrogens with one attached hydrogen (secondary N) is 1. The number of rotatable bonds is 5. The van der Waals surface area contributed by atoms with E-state index in [1.165, 1.54) is 9.80 Å². The van der Waals surface area contributed by atoms with Gasteiger partial charge in [-0.05, 0) is 48.2 Å². The molecule has 1 spiro atoms. The van der Waals surface area contributed by atoms with E-state index in [-0.39, 0.29) is 32.1 Å². The van der Waals surface area contributed by atoms with Gasteiger partial charge in [0.15, 0.2) is 0 Å². The number of hydrogen-bond donors (Lipinski definition) is 2. The number of aliphatic hydroxyl groups excluding tert-OH is 1. The molecule has 3 amide bonds. The third kappa shape index (κ3) is 6.03. The number of anilines is 1. The topological polar surface area (TPSA) is 125 Å². The second kappa shape index (κ2) is 13.5. The van der Waals surface area contributed by atoms with Crippen LogP contribution in [0.3, 0.4) is 0 Å². The molecule has 5 bridgehead atoms. The van der Waals surface area contributed by atoms with Crippen molar-refractivity contribution in [2.75, 3.05) is 24.7 Å². The number of cyclic esters (lactones) is 1. The maximum atomic E-state index is 15.0.